The monoisotopic (exact) mass is 462 g/mol. The van der Waals surface area contributed by atoms with Crippen molar-refractivity contribution in [3.8, 4) is 0 Å². The van der Waals surface area contributed by atoms with Gasteiger partial charge in [0.15, 0.2) is 0 Å². The molecule has 33 heavy (non-hydrogen) atoms. The SMILES string of the molecule is Cc1nn(Cc2ccccc2Cl)c(C)c1/C=C/C(=O)Nc1cccc(C(=O)N2CCCC2)c1. The third-order valence-electron chi connectivity index (χ3n) is 5.89. The molecular weight excluding hydrogens is 436 g/mol. The zero-order valence-electron chi connectivity index (χ0n) is 18.8. The Morgan fingerprint density at radius 1 is 1.09 bits per heavy atom. The molecule has 0 spiro atoms. The Labute approximate surface area is 198 Å². The molecule has 0 atom stereocenters. The predicted molar refractivity (Wildman–Crippen MR) is 131 cm³/mol. The molecule has 170 valence electrons. The zero-order valence-corrected chi connectivity index (χ0v) is 19.6. The number of nitrogens with one attached hydrogen (secondary N) is 1. The van der Waals surface area contributed by atoms with Crippen molar-refractivity contribution < 1.29 is 9.59 Å². The van der Waals surface area contributed by atoms with Crippen molar-refractivity contribution in [3.63, 3.8) is 0 Å². The van der Waals surface area contributed by atoms with E-state index in [4.69, 9.17) is 11.6 Å². The number of hydrogen-bond acceptors (Lipinski definition) is 3. The summed E-state index contributed by atoms with van der Waals surface area (Å²) in [4.78, 5) is 27.0. The van der Waals surface area contributed by atoms with E-state index in [1.807, 2.05) is 47.7 Å². The Kier molecular flexibility index (Phi) is 6.94. The number of aromatic nitrogens is 2. The number of likely N-dealkylation sites (tertiary alicyclic amines) is 1. The van der Waals surface area contributed by atoms with Gasteiger partial charge in [-0.05, 0) is 62.6 Å². The molecule has 0 unspecified atom stereocenters. The second kappa shape index (κ2) is 10.0. The summed E-state index contributed by atoms with van der Waals surface area (Å²) in [7, 11) is 0. The minimum atomic E-state index is -0.265. The molecule has 1 fully saturated rings. The number of hydrogen-bond donors (Lipinski definition) is 1. The molecule has 2 aromatic carbocycles. The van der Waals surface area contributed by atoms with Crippen LogP contribution in [0.3, 0.4) is 0 Å². The molecule has 1 aromatic heterocycles. The molecule has 0 saturated carbocycles. The van der Waals surface area contributed by atoms with E-state index in [2.05, 4.69) is 10.4 Å². The van der Waals surface area contributed by atoms with Crippen molar-refractivity contribution >= 4 is 35.2 Å². The van der Waals surface area contributed by atoms with E-state index in [9.17, 15) is 9.59 Å². The maximum atomic E-state index is 12.6. The van der Waals surface area contributed by atoms with Gasteiger partial charge in [-0.2, -0.15) is 5.10 Å². The highest BCUT2D eigenvalue weighted by Gasteiger charge is 2.19. The molecule has 0 radical (unpaired) electrons. The summed E-state index contributed by atoms with van der Waals surface area (Å²) < 4.78 is 1.89. The molecule has 0 bridgehead atoms. The van der Waals surface area contributed by atoms with Crippen LogP contribution in [-0.2, 0) is 11.3 Å². The second-order valence-electron chi connectivity index (χ2n) is 8.24. The Balaban J connectivity index is 1.44. The highest BCUT2D eigenvalue weighted by atomic mass is 35.5. The first kappa shape index (κ1) is 22.8. The third-order valence-corrected chi connectivity index (χ3v) is 6.26. The Bertz CT molecular complexity index is 1210. The number of halogens is 1. The molecule has 0 aliphatic carbocycles. The summed E-state index contributed by atoms with van der Waals surface area (Å²) in [5, 5.41) is 8.16. The molecule has 2 amide bonds. The van der Waals surface area contributed by atoms with Gasteiger partial charge in [-0.3, -0.25) is 14.3 Å². The number of anilines is 1. The number of aryl methyl sites for hydroxylation is 1. The molecule has 3 aromatic rings. The number of carbonyl (C=O) groups is 2. The van der Waals surface area contributed by atoms with Crippen LogP contribution in [-0.4, -0.2) is 39.6 Å². The predicted octanol–water partition coefficient (Wildman–Crippen LogP) is 5.09. The summed E-state index contributed by atoms with van der Waals surface area (Å²) in [6.07, 6.45) is 5.35. The van der Waals surface area contributed by atoms with Crippen LogP contribution in [0.2, 0.25) is 5.02 Å². The fourth-order valence-electron chi connectivity index (χ4n) is 4.07. The maximum Gasteiger partial charge on any atom is 0.253 e. The highest BCUT2D eigenvalue weighted by Crippen LogP contribution is 2.21. The molecule has 1 saturated heterocycles. The van der Waals surface area contributed by atoms with Gasteiger partial charge in [0, 0.05) is 46.7 Å². The van der Waals surface area contributed by atoms with E-state index in [1.54, 1.807) is 30.3 Å². The lowest BCUT2D eigenvalue weighted by molar-refractivity contribution is -0.111. The summed E-state index contributed by atoms with van der Waals surface area (Å²) >= 11 is 6.29. The van der Waals surface area contributed by atoms with E-state index in [-0.39, 0.29) is 11.8 Å². The Morgan fingerprint density at radius 3 is 2.61 bits per heavy atom. The summed E-state index contributed by atoms with van der Waals surface area (Å²) in [5.41, 5.74) is 4.86. The number of carbonyl (C=O) groups excluding carboxylic acids is 2. The first-order valence-corrected chi connectivity index (χ1v) is 11.5. The summed E-state index contributed by atoms with van der Waals surface area (Å²) in [6.45, 7) is 6.04. The fourth-order valence-corrected chi connectivity index (χ4v) is 4.27. The van der Waals surface area contributed by atoms with Gasteiger partial charge in [-0.1, -0.05) is 35.9 Å². The molecule has 2 heterocycles. The average Bonchev–Trinajstić information content (AvgIpc) is 3.42. The van der Waals surface area contributed by atoms with Gasteiger partial charge < -0.3 is 10.2 Å². The molecule has 4 rings (SSSR count). The number of nitrogens with zero attached hydrogens (tertiary/aromatic N) is 3. The van der Waals surface area contributed by atoms with Crippen LogP contribution in [0.4, 0.5) is 5.69 Å². The van der Waals surface area contributed by atoms with E-state index in [1.165, 1.54) is 6.08 Å². The molecule has 1 N–H and O–H groups in total. The van der Waals surface area contributed by atoms with Gasteiger partial charge in [0.1, 0.15) is 0 Å². The van der Waals surface area contributed by atoms with Crippen molar-refractivity contribution in [2.24, 2.45) is 0 Å². The lowest BCUT2D eigenvalue weighted by Crippen LogP contribution is -2.27. The zero-order chi connectivity index (χ0) is 23.4. The molecular formula is C26H27ClN4O2. The van der Waals surface area contributed by atoms with Gasteiger partial charge in [-0.25, -0.2) is 0 Å². The van der Waals surface area contributed by atoms with E-state index in [0.717, 1.165) is 48.4 Å². The van der Waals surface area contributed by atoms with Crippen LogP contribution in [0, 0.1) is 13.8 Å². The Hall–Kier alpha value is -3.38. The normalized spacial score (nSPS) is 13.6. The number of amides is 2. The smallest absolute Gasteiger partial charge is 0.253 e. The summed E-state index contributed by atoms with van der Waals surface area (Å²) in [5.74, 6) is -0.255. The van der Waals surface area contributed by atoms with Crippen LogP contribution >= 0.6 is 11.6 Å². The van der Waals surface area contributed by atoms with E-state index < -0.39 is 0 Å². The van der Waals surface area contributed by atoms with Crippen LogP contribution in [0.15, 0.2) is 54.6 Å². The van der Waals surface area contributed by atoms with Crippen LogP contribution < -0.4 is 5.32 Å². The van der Waals surface area contributed by atoms with Gasteiger partial charge >= 0.3 is 0 Å². The topological polar surface area (TPSA) is 67.2 Å². The molecule has 7 heteroatoms. The number of rotatable bonds is 6. The van der Waals surface area contributed by atoms with Crippen molar-refractivity contribution in [2.45, 2.75) is 33.2 Å². The van der Waals surface area contributed by atoms with Crippen LogP contribution in [0.5, 0.6) is 0 Å². The van der Waals surface area contributed by atoms with Gasteiger partial charge in [0.05, 0.1) is 12.2 Å². The quantitative estimate of drug-likeness (QED) is 0.519. The van der Waals surface area contributed by atoms with Gasteiger partial charge in [0.2, 0.25) is 5.91 Å². The third kappa shape index (κ3) is 5.34. The molecule has 1 aliphatic heterocycles. The summed E-state index contributed by atoms with van der Waals surface area (Å²) in [6, 6.07) is 14.8. The lowest BCUT2D eigenvalue weighted by Gasteiger charge is -2.15. The Morgan fingerprint density at radius 2 is 1.85 bits per heavy atom. The minimum absolute atomic E-state index is 0.0105. The molecule has 1 aliphatic rings. The standard InChI is InChI=1S/C26H27ClN4O2/c1-18-23(19(2)31(29-18)17-21-8-3-4-11-24(21)27)12-13-25(32)28-22-10-7-9-20(16-22)26(33)30-14-5-6-15-30/h3-4,7-13,16H,5-6,14-15,17H2,1-2H3,(H,28,32)/b13-12+. The second-order valence-corrected chi connectivity index (χ2v) is 8.64. The largest absolute Gasteiger partial charge is 0.339 e. The lowest BCUT2D eigenvalue weighted by atomic mass is 10.1. The average molecular weight is 463 g/mol. The molecule has 6 nitrogen and oxygen atoms in total. The first-order valence-electron chi connectivity index (χ1n) is 11.1. The number of benzene rings is 2. The fraction of sp³-hybridized carbons (Fsp3) is 0.269. The van der Waals surface area contributed by atoms with Crippen LogP contribution in [0.1, 0.15) is 45.7 Å². The van der Waals surface area contributed by atoms with E-state index >= 15 is 0 Å². The van der Waals surface area contributed by atoms with Gasteiger partial charge in [-0.15, -0.1) is 0 Å². The first-order chi connectivity index (χ1) is 15.9. The maximum absolute atomic E-state index is 12.6. The van der Waals surface area contributed by atoms with E-state index in [0.29, 0.717) is 22.8 Å². The van der Waals surface area contributed by atoms with Crippen molar-refractivity contribution in [1.29, 1.82) is 0 Å². The minimum Gasteiger partial charge on any atom is -0.339 e. The highest BCUT2D eigenvalue weighted by molar-refractivity contribution is 6.31. The van der Waals surface area contributed by atoms with Crippen LogP contribution in [0.25, 0.3) is 6.08 Å². The van der Waals surface area contributed by atoms with Crippen molar-refractivity contribution in [1.82, 2.24) is 14.7 Å². The van der Waals surface area contributed by atoms with Crippen molar-refractivity contribution in [3.05, 3.63) is 87.7 Å². The van der Waals surface area contributed by atoms with Gasteiger partial charge in [0.25, 0.3) is 5.91 Å². The van der Waals surface area contributed by atoms with Crippen molar-refractivity contribution in [2.75, 3.05) is 18.4 Å².